The normalized spacial score (nSPS) is 24.0. The zero-order valence-electron chi connectivity index (χ0n) is 13.1. The van der Waals surface area contributed by atoms with Crippen LogP contribution in [0.1, 0.15) is 45.1 Å². The third kappa shape index (κ3) is 4.85. The molecule has 0 heterocycles. The van der Waals surface area contributed by atoms with Crippen molar-refractivity contribution < 1.29 is 9.90 Å². The summed E-state index contributed by atoms with van der Waals surface area (Å²) in [7, 11) is 0. The summed E-state index contributed by atoms with van der Waals surface area (Å²) in [6, 6.07) is 9.74. The number of aliphatic carboxylic acids is 1. The summed E-state index contributed by atoms with van der Waals surface area (Å²) in [4.78, 5) is 11.5. The lowest BCUT2D eigenvalue weighted by Gasteiger charge is -2.33. The summed E-state index contributed by atoms with van der Waals surface area (Å²) in [5.41, 5.74) is 1.08. The first-order valence-corrected chi connectivity index (χ1v) is 8.09. The van der Waals surface area contributed by atoms with E-state index in [0.717, 1.165) is 30.2 Å². The van der Waals surface area contributed by atoms with Crippen LogP contribution in [-0.2, 0) is 11.2 Å². The number of nitrogens with one attached hydrogen (secondary N) is 1. The highest BCUT2D eigenvalue weighted by Crippen LogP contribution is 2.30. The number of carboxylic acid groups (broad SMARTS) is 1. The molecule has 116 valence electrons. The van der Waals surface area contributed by atoms with Crippen molar-refractivity contribution in [3.05, 3.63) is 35.9 Å². The van der Waals surface area contributed by atoms with Crippen molar-refractivity contribution in [2.24, 2.45) is 11.8 Å². The second-order valence-corrected chi connectivity index (χ2v) is 6.60. The zero-order chi connectivity index (χ0) is 15.2. The molecule has 2 N–H and O–H groups in total. The van der Waals surface area contributed by atoms with Crippen LogP contribution in [0.25, 0.3) is 0 Å². The first-order valence-electron chi connectivity index (χ1n) is 8.09. The molecule has 1 aliphatic rings. The number of rotatable bonds is 6. The van der Waals surface area contributed by atoms with Gasteiger partial charge in [0.25, 0.3) is 0 Å². The fourth-order valence-electron chi connectivity index (χ4n) is 3.30. The van der Waals surface area contributed by atoms with Crippen LogP contribution < -0.4 is 5.32 Å². The third-order valence-corrected chi connectivity index (χ3v) is 4.73. The average Bonchev–Trinajstić information content (AvgIpc) is 2.48. The van der Waals surface area contributed by atoms with Gasteiger partial charge in [0.15, 0.2) is 0 Å². The molecule has 2 rings (SSSR count). The van der Waals surface area contributed by atoms with Crippen LogP contribution in [0, 0.1) is 11.8 Å². The Labute approximate surface area is 127 Å². The van der Waals surface area contributed by atoms with Gasteiger partial charge < -0.3 is 10.4 Å². The minimum absolute atomic E-state index is 0.352. The lowest BCUT2D eigenvalue weighted by atomic mass is 9.79. The van der Waals surface area contributed by atoms with Gasteiger partial charge in [-0.15, -0.1) is 0 Å². The lowest BCUT2D eigenvalue weighted by Crippen LogP contribution is -2.46. The van der Waals surface area contributed by atoms with E-state index in [4.69, 9.17) is 0 Å². The van der Waals surface area contributed by atoms with Gasteiger partial charge in [0.05, 0.1) is 0 Å². The Hall–Kier alpha value is -1.35. The molecule has 21 heavy (non-hydrogen) atoms. The highest BCUT2D eigenvalue weighted by molar-refractivity contribution is 5.74. The van der Waals surface area contributed by atoms with Gasteiger partial charge in [0.2, 0.25) is 0 Å². The van der Waals surface area contributed by atoms with Crippen molar-refractivity contribution in [3.63, 3.8) is 0 Å². The second kappa shape index (κ2) is 7.60. The van der Waals surface area contributed by atoms with E-state index in [1.165, 1.54) is 12.8 Å². The summed E-state index contributed by atoms with van der Waals surface area (Å²) >= 11 is 0. The SMILES string of the molecule is CC(C)C1CCC(N[C@H](Cc2ccccc2)C(=O)O)CC1. The molecule has 0 unspecified atom stereocenters. The van der Waals surface area contributed by atoms with Crippen molar-refractivity contribution in [2.45, 2.75) is 58.0 Å². The molecule has 0 bridgehead atoms. The molecular weight excluding hydrogens is 262 g/mol. The number of carbonyl (C=O) groups is 1. The molecule has 3 heteroatoms. The maximum Gasteiger partial charge on any atom is 0.321 e. The van der Waals surface area contributed by atoms with Gasteiger partial charge in [0.1, 0.15) is 6.04 Å². The van der Waals surface area contributed by atoms with Crippen LogP contribution in [0.15, 0.2) is 30.3 Å². The Bertz CT molecular complexity index is 436. The number of benzene rings is 1. The van der Waals surface area contributed by atoms with Crippen LogP contribution in [0.3, 0.4) is 0 Å². The van der Waals surface area contributed by atoms with Gasteiger partial charge in [0, 0.05) is 6.04 Å². The van der Waals surface area contributed by atoms with E-state index in [-0.39, 0.29) is 0 Å². The molecule has 3 nitrogen and oxygen atoms in total. The third-order valence-electron chi connectivity index (χ3n) is 4.73. The summed E-state index contributed by atoms with van der Waals surface area (Å²) in [5.74, 6) is 0.802. The topological polar surface area (TPSA) is 49.3 Å². The quantitative estimate of drug-likeness (QED) is 0.843. The lowest BCUT2D eigenvalue weighted by molar-refractivity contribution is -0.139. The maximum absolute atomic E-state index is 11.5. The molecule has 0 amide bonds. The number of hydrogen-bond donors (Lipinski definition) is 2. The van der Waals surface area contributed by atoms with Gasteiger partial charge in [-0.05, 0) is 49.5 Å². The van der Waals surface area contributed by atoms with E-state index < -0.39 is 12.0 Å². The first-order chi connectivity index (χ1) is 10.1. The average molecular weight is 289 g/mol. The highest BCUT2D eigenvalue weighted by atomic mass is 16.4. The van der Waals surface area contributed by atoms with E-state index in [0.29, 0.717) is 12.5 Å². The smallest absolute Gasteiger partial charge is 0.321 e. The molecular formula is C18H27NO2. The van der Waals surface area contributed by atoms with Gasteiger partial charge in [-0.2, -0.15) is 0 Å². The maximum atomic E-state index is 11.5. The molecule has 0 spiro atoms. The molecule has 1 aliphatic carbocycles. The molecule has 0 radical (unpaired) electrons. The molecule has 1 aromatic rings. The monoisotopic (exact) mass is 289 g/mol. The van der Waals surface area contributed by atoms with Crippen LogP contribution in [0.4, 0.5) is 0 Å². The van der Waals surface area contributed by atoms with E-state index in [1.54, 1.807) is 0 Å². The fourth-order valence-corrected chi connectivity index (χ4v) is 3.30. The summed E-state index contributed by atoms with van der Waals surface area (Å²) < 4.78 is 0. The molecule has 1 atom stereocenters. The van der Waals surface area contributed by atoms with Crippen LogP contribution >= 0.6 is 0 Å². The Morgan fingerprint density at radius 1 is 1.19 bits per heavy atom. The van der Waals surface area contributed by atoms with Gasteiger partial charge in [-0.25, -0.2) is 0 Å². The molecule has 1 saturated carbocycles. The second-order valence-electron chi connectivity index (χ2n) is 6.60. The largest absolute Gasteiger partial charge is 0.480 e. The molecule has 0 aliphatic heterocycles. The van der Waals surface area contributed by atoms with Crippen molar-refractivity contribution in [1.29, 1.82) is 0 Å². The van der Waals surface area contributed by atoms with E-state index in [9.17, 15) is 9.90 Å². The first kappa shape index (κ1) is 16.0. The minimum Gasteiger partial charge on any atom is -0.480 e. The molecule has 0 saturated heterocycles. The van der Waals surface area contributed by atoms with Crippen molar-refractivity contribution in [2.75, 3.05) is 0 Å². The van der Waals surface area contributed by atoms with Gasteiger partial charge >= 0.3 is 5.97 Å². The predicted molar refractivity (Wildman–Crippen MR) is 85.3 cm³/mol. The van der Waals surface area contributed by atoms with Crippen molar-refractivity contribution >= 4 is 5.97 Å². The predicted octanol–water partition coefficient (Wildman–Crippen LogP) is 3.49. The molecule has 0 aromatic heterocycles. The van der Waals surface area contributed by atoms with Gasteiger partial charge in [-0.1, -0.05) is 44.2 Å². The van der Waals surface area contributed by atoms with Gasteiger partial charge in [-0.3, -0.25) is 4.79 Å². The number of hydrogen-bond acceptors (Lipinski definition) is 2. The summed E-state index contributed by atoms with van der Waals surface area (Å²) in [6.45, 7) is 4.57. The summed E-state index contributed by atoms with van der Waals surface area (Å²) in [5, 5.41) is 12.8. The number of carboxylic acids is 1. The van der Waals surface area contributed by atoms with Crippen LogP contribution in [-0.4, -0.2) is 23.2 Å². The molecule has 1 fully saturated rings. The highest BCUT2D eigenvalue weighted by Gasteiger charge is 2.27. The van der Waals surface area contributed by atoms with Crippen LogP contribution in [0.2, 0.25) is 0 Å². The van der Waals surface area contributed by atoms with E-state index in [2.05, 4.69) is 19.2 Å². The van der Waals surface area contributed by atoms with Crippen molar-refractivity contribution in [3.8, 4) is 0 Å². The Kier molecular flexibility index (Phi) is 5.80. The zero-order valence-corrected chi connectivity index (χ0v) is 13.1. The minimum atomic E-state index is -0.746. The van der Waals surface area contributed by atoms with Crippen LogP contribution in [0.5, 0.6) is 0 Å². The Balaban J connectivity index is 1.88. The Morgan fingerprint density at radius 2 is 1.81 bits per heavy atom. The van der Waals surface area contributed by atoms with E-state index >= 15 is 0 Å². The van der Waals surface area contributed by atoms with E-state index in [1.807, 2.05) is 30.3 Å². The molecule has 1 aromatic carbocycles. The van der Waals surface area contributed by atoms with Crippen molar-refractivity contribution in [1.82, 2.24) is 5.32 Å². The Morgan fingerprint density at radius 3 is 2.33 bits per heavy atom. The fraction of sp³-hybridized carbons (Fsp3) is 0.611. The standard InChI is InChI=1S/C18H27NO2/c1-13(2)15-8-10-16(11-9-15)19-17(18(20)21)12-14-6-4-3-5-7-14/h3-7,13,15-17,19H,8-12H2,1-2H3,(H,20,21)/t15?,16?,17-/m1/s1. The summed E-state index contributed by atoms with van der Waals surface area (Å²) in [6.07, 6.45) is 5.18.